The molecule has 0 aromatic carbocycles. The van der Waals surface area contributed by atoms with Gasteiger partial charge in [-0.05, 0) is 44.0 Å². The number of carbonyl (C=O) groups is 1. The normalized spacial score (nSPS) is 10.5. The molecule has 0 aliphatic carbocycles. The van der Waals surface area contributed by atoms with Gasteiger partial charge in [-0.2, -0.15) is 0 Å². The highest BCUT2D eigenvalue weighted by atomic mass is 19.1. The number of nitrogens with zero attached hydrogens (tertiary/aromatic N) is 3. The van der Waals surface area contributed by atoms with Crippen LogP contribution in [0.3, 0.4) is 0 Å². The Morgan fingerprint density at radius 2 is 1.69 bits per heavy atom. The first-order valence-corrected chi connectivity index (χ1v) is 9.17. The van der Waals surface area contributed by atoms with Gasteiger partial charge in [0.25, 0.3) is 0 Å². The molecule has 148 valence electrons. The average Bonchev–Trinajstić information content (AvgIpc) is 2.71. The Bertz CT molecular complexity index is 1050. The van der Waals surface area contributed by atoms with E-state index in [1.165, 1.54) is 6.20 Å². The van der Waals surface area contributed by atoms with Gasteiger partial charge in [0.05, 0.1) is 19.7 Å². The lowest BCUT2D eigenvalue weighted by Gasteiger charge is -2.12. The van der Waals surface area contributed by atoms with E-state index in [1.54, 1.807) is 26.4 Å². The highest BCUT2D eigenvalue weighted by Gasteiger charge is 2.15. The van der Waals surface area contributed by atoms with Crippen molar-refractivity contribution < 1.29 is 13.9 Å². The van der Waals surface area contributed by atoms with Crippen molar-refractivity contribution in [1.29, 1.82) is 0 Å². The Labute approximate surface area is 169 Å². The summed E-state index contributed by atoms with van der Waals surface area (Å²) in [6, 6.07) is 7.51. The quantitative estimate of drug-likeness (QED) is 0.575. The molecule has 0 bridgehead atoms. The van der Waals surface area contributed by atoms with Crippen LogP contribution in [0, 0.1) is 12.7 Å². The van der Waals surface area contributed by atoms with Gasteiger partial charge < -0.3 is 4.74 Å². The van der Waals surface area contributed by atoms with Crippen molar-refractivity contribution in [2.24, 2.45) is 0 Å². The topological polar surface area (TPSA) is 65.0 Å². The molecule has 0 N–H and O–H groups in total. The molecule has 29 heavy (non-hydrogen) atoms. The number of halogens is 1. The molecule has 3 heterocycles. The van der Waals surface area contributed by atoms with Gasteiger partial charge in [-0.25, -0.2) is 9.37 Å². The van der Waals surface area contributed by atoms with E-state index in [0.717, 1.165) is 28.5 Å². The highest BCUT2D eigenvalue weighted by Crippen LogP contribution is 2.27. The van der Waals surface area contributed by atoms with Gasteiger partial charge in [0, 0.05) is 47.0 Å². The van der Waals surface area contributed by atoms with Gasteiger partial charge in [0.15, 0.2) is 5.78 Å². The van der Waals surface area contributed by atoms with Crippen molar-refractivity contribution in [3.8, 4) is 5.88 Å². The second kappa shape index (κ2) is 8.73. The van der Waals surface area contributed by atoms with Crippen LogP contribution in [0.1, 0.15) is 46.6 Å². The van der Waals surface area contributed by atoms with E-state index in [-0.39, 0.29) is 17.8 Å². The molecule has 5 nitrogen and oxygen atoms in total. The smallest absolute Gasteiger partial charge is 0.212 e. The van der Waals surface area contributed by atoms with E-state index in [9.17, 15) is 9.18 Å². The third-order valence-corrected chi connectivity index (χ3v) is 4.64. The lowest BCUT2D eigenvalue weighted by atomic mass is 9.96. The highest BCUT2D eigenvalue weighted by molar-refractivity contribution is 5.98. The Morgan fingerprint density at radius 1 is 1.00 bits per heavy atom. The molecular weight excluding hydrogens is 369 g/mol. The summed E-state index contributed by atoms with van der Waals surface area (Å²) < 4.78 is 18.8. The zero-order valence-corrected chi connectivity index (χ0v) is 16.9. The van der Waals surface area contributed by atoms with Gasteiger partial charge >= 0.3 is 0 Å². The lowest BCUT2D eigenvalue weighted by Crippen LogP contribution is -2.09. The van der Waals surface area contributed by atoms with Crippen LogP contribution in [0.5, 0.6) is 5.88 Å². The fourth-order valence-electron chi connectivity index (χ4n) is 3.11. The van der Waals surface area contributed by atoms with E-state index in [0.29, 0.717) is 17.1 Å². The first-order chi connectivity index (χ1) is 13.9. The molecule has 3 aromatic rings. The fourth-order valence-corrected chi connectivity index (χ4v) is 3.11. The van der Waals surface area contributed by atoms with E-state index in [1.807, 2.05) is 38.1 Å². The van der Waals surface area contributed by atoms with Crippen LogP contribution in [0.2, 0.25) is 0 Å². The number of allylic oxidation sites excluding steroid dienone is 1. The zero-order valence-electron chi connectivity index (χ0n) is 16.9. The van der Waals surface area contributed by atoms with Gasteiger partial charge in [-0.15, -0.1) is 0 Å². The van der Waals surface area contributed by atoms with E-state index >= 15 is 0 Å². The minimum absolute atomic E-state index is 0.0838. The van der Waals surface area contributed by atoms with Crippen molar-refractivity contribution in [2.75, 3.05) is 7.11 Å². The summed E-state index contributed by atoms with van der Waals surface area (Å²) in [5, 5.41) is 0. The molecule has 0 aliphatic rings. The number of methoxy groups -OCH3 is 1. The Morgan fingerprint density at radius 3 is 2.24 bits per heavy atom. The summed E-state index contributed by atoms with van der Waals surface area (Å²) in [5.74, 6) is -0.145. The Balaban J connectivity index is 1.83. The fraction of sp³-hybridized carbons (Fsp3) is 0.217. The van der Waals surface area contributed by atoms with Gasteiger partial charge in [-0.3, -0.25) is 14.8 Å². The summed E-state index contributed by atoms with van der Waals surface area (Å²) in [4.78, 5) is 25.0. The van der Waals surface area contributed by atoms with Crippen molar-refractivity contribution in [1.82, 2.24) is 15.0 Å². The van der Waals surface area contributed by atoms with Crippen molar-refractivity contribution in [2.45, 2.75) is 27.2 Å². The van der Waals surface area contributed by atoms with Crippen LogP contribution in [-0.2, 0) is 6.42 Å². The van der Waals surface area contributed by atoms with Gasteiger partial charge in [0.2, 0.25) is 5.88 Å². The average molecular weight is 391 g/mol. The standard InChI is InChI=1S/C23H22FN3O2/c1-14(2)23(17-6-8-22(29-4)27-11-17)16-5-7-18(26-10-16)9-21(28)19-12-25-13-20(24)15(19)3/h5-8,10-13H,9H2,1-4H3. The maximum absolute atomic E-state index is 13.7. The Kier molecular flexibility index (Phi) is 6.12. The van der Waals surface area contributed by atoms with Crippen LogP contribution >= 0.6 is 0 Å². The lowest BCUT2D eigenvalue weighted by molar-refractivity contribution is 0.0990. The number of Topliss-reactive ketones (excluding diaryl/α,β-unsaturated/α-hetero) is 1. The van der Waals surface area contributed by atoms with Crippen LogP contribution < -0.4 is 4.74 Å². The number of hydrogen-bond donors (Lipinski definition) is 0. The molecule has 3 aromatic heterocycles. The molecule has 0 aliphatic heterocycles. The third-order valence-electron chi connectivity index (χ3n) is 4.64. The number of rotatable bonds is 6. The maximum atomic E-state index is 13.7. The predicted octanol–water partition coefficient (Wildman–Crippen LogP) is 4.59. The summed E-state index contributed by atoms with van der Waals surface area (Å²) >= 11 is 0. The molecule has 0 atom stereocenters. The number of pyridine rings is 3. The number of carbonyl (C=O) groups excluding carboxylic acids is 1. The molecule has 0 saturated heterocycles. The number of ketones is 1. The first-order valence-electron chi connectivity index (χ1n) is 9.17. The Hall–Kier alpha value is -3.41. The van der Waals surface area contributed by atoms with Crippen molar-refractivity contribution >= 4 is 11.4 Å². The number of aromatic nitrogens is 3. The number of ether oxygens (including phenoxy) is 1. The second-order valence-electron chi connectivity index (χ2n) is 6.90. The molecule has 0 unspecified atom stereocenters. The first kappa shape index (κ1) is 20.3. The summed E-state index contributed by atoms with van der Waals surface area (Å²) in [6.45, 7) is 5.62. The predicted molar refractivity (Wildman–Crippen MR) is 109 cm³/mol. The summed E-state index contributed by atoms with van der Waals surface area (Å²) in [7, 11) is 1.58. The number of hydrogen-bond acceptors (Lipinski definition) is 5. The van der Waals surface area contributed by atoms with E-state index in [4.69, 9.17) is 4.74 Å². The SMILES string of the molecule is COc1ccc(C(=C(C)C)c2ccc(CC(=O)c3cncc(F)c3C)nc2)cn1. The molecule has 0 fully saturated rings. The third kappa shape index (κ3) is 4.54. The molecule has 0 spiro atoms. The molecule has 0 saturated carbocycles. The van der Waals surface area contributed by atoms with Crippen LogP contribution in [0.4, 0.5) is 4.39 Å². The monoisotopic (exact) mass is 391 g/mol. The largest absolute Gasteiger partial charge is 0.481 e. The summed E-state index contributed by atoms with van der Waals surface area (Å²) in [5.41, 5.74) is 5.23. The van der Waals surface area contributed by atoms with Crippen LogP contribution in [-0.4, -0.2) is 27.8 Å². The van der Waals surface area contributed by atoms with E-state index < -0.39 is 5.82 Å². The minimum Gasteiger partial charge on any atom is -0.481 e. The zero-order chi connectivity index (χ0) is 21.0. The molecule has 0 radical (unpaired) electrons. The summed E-state index contributed by atoms with van der Waals surface area (Å²) in [6.07, 6.45) is 6.09. The van der Waals surface area contributed by atoms with Crippen LogP contribution in [0.15, 0.2) is 54.6 Å². The van der Waals surface area contributed by atoms with Crippen molar-refractivity contribution in [3.63, 3.8) is 0 Å². The second-order valence-corrected chi connectivity index (χ2v) is 6.90. The molecule has 3 rings (SSSR count). The van der Waals surface area contributed by atoms with Gasteiger partial charge in [-0.1, -0.05) is 11.6 Å². The van der Waals surface area contributed by atoms with Crippen LogP contribution in [0.25, 0.3) is 5.57 Å². The van der Waals surface area contributed by atoms with Crippen molar-refractivity contribution in [3.05, 3.63) is 88.4 Å². The maximum Gasteiger partial charge on any atom is 0.212 e. The molecule has 6 heteroatoms. The minimum atomic E-state index is -0.486. The molecular formula is C23H22FN3O2. The van der Waals surface area contributed by atoms with E-state index in [2.05, 4.69) is 15.0 Å². The van der Waals surface area contributed by atoms with Gasteiger partial charge in [0.1, 0.15) is 5.82 Å². The molecule has 0 amide bonds.